The minimum absolute atomic E-state index is 0.0798. The minimum atomic E-state index is -1.02. The number of benzene rings is 1. The van der Waals surface area contributed by atoms with Crippen LogP contribution in [0, 0.1) is 0 Å². The Labute approximate surface area is 116 Å². The molecule has 18 heavy (non-hydrogen) atoms. The summed E-state index contributed by atoms with van der Waals surface area (Å²) in [6.07, 6.45) is 0.167. The highest BCUT2D eigenvalue weighted by atomic mass is 35.5. The summed E-state index contributed by atoms with van der Waals surface area (Å²) in [4.78, 5) is 11.1. The smallest absolute Gasteiger partial charge is 0.344 e. The average molecular weight is 288 g/mol. The van der Waals surface area contributed by atoms with Gasteiger partial charge in [0.2, 0.25) is 0 Å². The molecule has 0 aliphatic carbocycles. The normalized spacial score (nSPS) is 11.9. The predicted octanol–water partition coefficient (Wildman–Crippen LogP) is 2.61. The molecule has 98 valence electrons. The van der Waals surface area contributed by atoms with Gasteiger partial charge in [-0.2, -0.15) is 0 Å². The van der Waals surface area contributed by atoms with Gasteiger partial charge in [0.1, 0.15) is 10.7 Å². The van der Waals surface area contributed by atoms with Crippen molar-refractivity contribution in [3.8, 4) is 5.75 Å². The molecule has 0 saturated carbocycles. The first kappa shape index (κ1) is 14.7. The van der Waals surface area contributed by atoms with Crippen LogP contribution < -0.4 is 10.5 Å². The minimum Gasteiger partial charge on any atom is -0.479 e. The molecule has 1 aromatic carbocycles. The van der Waals surface area contributed by atoms with Crippen molar-refractivity contribution in [1.29, 1.82) is 0 Å². The van der Waals surface area contributed by atoms with E-state index >= 15 is 0 Å². The van der Waals surface area contributed by atoms with E-state index in [1.165, 1.54) is 0 Å². The SMILES string of the molecule is CCCC(Oc1cccc(Cl)c1C(N)=S)C(=O)O. The molecule has 0 aromatic heterocycles. The summed E-state index contributed by atoms with van der Waals surface area (Å²) in [5.74, 6) is -0.721. The van der Waals surface area contributed by atoms with Crippen molar-refractivity contribution in [3.63, 3.8) is 0 Å². The molecule has 0 aliphatic heterocycles. The molecule has 0 bridgehead atoms. The van der Waals surface area contributed by atoms with Crippen LogP contribution in [-0.2, 0) is 4.79 Å². The molecule has 0 aliphatic rings. The zero-order chi connectivity index (χ0) is 13.7. The summed E-state index contributed by atoms with van der Waals surface area (Å²) in [5.41, 5.74) is 5.93. The Morgan fingerprint density at radius 1 is 1.61 bits per heavy atom. The molecule has 0 saturated heterocycles. The van der Waals surface area contributed by atoms with E-state index in [1.807, 2.05) is 6.92 Å². The molecule has 0 radical (unpaired) electrons. The summed E-state index contributed by atoms with van der Waals surface area (Å²) in [5, 5.41) is 9.39. The largest absolute Gasteiger partial charge is 0.479 e. The summed E-state index contributed by atoms with van der Waals surface area (Å²) in [6, 6.07) is 4.88. The van der Waals surface area contributed by atoms with Crippen LogP contribution in [0.4, 0.5) is 0 Å². The van der Waals surface area contributed by atoms with Crippen LogP contribution in [-0.4, -0.2) is 22.2 Å². The fourth-order valence-corrected chi connectivity index (χ4v) is 2.02. The van der Waals surface area contributed by atoms with Gasteiger partial charge in [0.15, 0.2) is 6.10 Å². The van der Waals surface area contributed by atoms with E-state index < -0.39 is 12.1 Å². The molecule has 0 amide bonds. The average Bonchev–Trinajstić information content (AvgIpc) is 2.27. The second-order valence-corrected chi connectivity index (χ2v) is 4.56. The first-order valence-electron chi connectivity index (χ1n) is 5.45. The topological polar surface area (TPSA) is 72.5 Å². The monoisotopic (exact) mass is 287 g/mol. The van der Waals surface area contributed by atoms with Gasteiger partial charge in [-0.15, -0.1) is 0 Å². The molecule has 6 heteroatoms. The lowest BCUT2D eigenvalue weighted by Crippen LogP contribution is -2.28. The summed E-state index contributed by atoms with van der Waals surface area (Å²) in [6.45, 7) is 1.88. The van der Waals surface area contributed by atoms with Gasteiger partial charge in [-0.25, -0.2) is 4.79 Å². The van der Waals surface area contributed by atoms with Crippen molar-refractivity contribution in [2.45, 2.75) is 25.9 Å². The summed E-state index contributed by atoms with van der Waals surface area (Å²) >= 11 is 10.9. The Bertz CT molecular complexity index is 465. The van der Waals surface area contributed by atoms with Gasteiger partial charge in [0.25, 0.3) is 0 Å². The van der Waals surface area contributed by atoms with Crippen molar-refractivity contribution < 1.29 is 14.6 Å². The van der Waals surface area contributed by atoms with E-state index in [9.17, 15) is 4.79 Å². The van der Waals surface area contributed by atoms with E-state index in [4.69, 9.17) is 39.4 Å². The highest BCUT2D eigenvalue weighted by molar-refractivity contribution is 7.80. The fraction of sp³-hybridized carbons (Fsp3) is 0.333. The number of ether oxygens (including phenoxy) is 1. The van der Waals surface area contributed by atoms with Gasteiger partial charge in [0.05, 0.1) is 10.6 Å². The zero-order valence-electron chi connectivity index (χ0n) is 9.85. The number of halogens is 1. The van der Waals surface area contributed by atoms with Gasteiger partial charge >= 0.3 is 5.97 Å². The zero-order valence-corrected chi connectivity index (χ0v) is 11.4. The van der Waals surface area contributed by atoms with E-state index in [2.05, 4.69) is 0 Å². The third kappa shape index (κ3) is 3.58. The quantitative estimate of drug-likeness (QED) is 0.787. The van der Waals surface area contributed by atoms with Crippen molar-refractivity contribution >= 4 is 34.8 Å². The Morgan fingerprint density at radius 2 is 2.28 bits per heavy atom. The molecule has 0 fully saturated rings. The second kappa shape index (κ2) is 6.56. The van der Waals surface area contributed by atoms with E-state index in [-0.39, 0.29) is 4.99 Å². The molecule has 1 aromatic rings. The van der Waals surface area contributed by atoms with Gasteiger partial charge in [-0.05, 0) is 18.6 Å². The number of aliphatic carboxylic acids is 1. The molecular formula is C12H14ClNO3S. The lowest BCUT2D eigenvalue weighted by molar-refractivity contribution is -0.145. The third-order valence-electron chi connectivity index (χ3n) is 2.32. The van der Waals surface area contributed by atoms with Gasteiger partial charge in [-0.1, -0.05) is 43.2 Å². The Morgan fingerprint density at radius 3 is 2.78 bits per heavy atom. The molecular weight excluding hydrogens is 274 g/mol. The molecule has 1 rings (SSSR count). The first-order chi connectivity index (χ1) is 8.47. The van der Waals surface area contributed by atoms with E-state index in [0.29, 0.717) is 29.2 Å². The Hall–Kier alpha value is -1.33. The highest BCUT2D eigenvalue weighted by Crippen LogP contribution is 2.27. The lowest BCUT2D eigenvalue weighted by Gasteiger charge is -2.17. The number of nitrogens with two attached hydrogens (primary N) is 1. The fourth-order valence-electron chi connectivity index (χ4n) is 1.49. The molecule has 1 atom stereocenters. The van der Waals surface area contributed by atoms with Crippen molar-refractivity contribution in [2.75, 3.05) is 0 Å². The summed E-state index contributed by atoms with van der Waals surface area (Å²) in [7, 11) is 0. The van der Waals surface area contributed by atoms with Crippen LogP contribution in [0.3, 0.4) is 0 Å². The van der Waals surface area contributed by atoms with Gasteiger partial charge in [-0.3, -0.25) is 0 Å². The number of thiocarbonyl (C=S) groups is 1. The standard InChI is InChI=1S/C12H14ClNO3S/c1-2-4-9(12(15)16)17-8-6-3-5-7(13)10(8)11(14)18/h3,5-6,9H,2,4H2,1H3,(H2,14,18)(H,15,16). The Balaban J connectivity index is 3.06. The third-order valence-corrected chi connectivity index (χ3v) is 2.84. The van der Waals surface area contributed by atoms with Gasteiger partial charge in [0, 0.05) is 0 Å². The molecule has 0 spiro atoms. The van der Waals surface area contributed by atoms with Crippen LogP contribution >= 0.6 is 23.8 Å². The van der Waals surface area contributed by atoms with E-state index in [0.717, 1.165) is 0 Å². The predicted molar refractivity (Wildman–Crippen MR) is 74.3 cm³/mol. The Kier molecular flexibility index (Phi) is 5.37. The van der Waals surface area contributed by atoms with Crippen LogP contribution in [0.2, 0.25) is 5.02 Å². The van der Waals surface area contributed by atoms with Crippen LogP contribution in [0.25, 0.3) is 0 Å². The molecule has 0 heterocycles. The summed E-state index contributed by atoms with van der Waals surface area (Å²) < 4.78 is 5.44. The maximum Gasteiger partial charge on any atom is 0.344 e. The number of carboxylic acid groups (broad SMARTS) is 1. The van der Waals surface area contributed by atoms with Crippen LogP contribution in [0.5, 0.6) is 5.75 Å². The van der Waals surface area contributed by atoms with Crippen LogP contribution in [0.1, 0.15) is 25.3 Å². The van der Waals surface area contributed by atoms with Crippen molar-refractivity contribution in [3.05, 3.63) is 28.8 Å². The van der Waals surface area contributed by atoms with Crippen LogP contribution in [0.15, 0.2) is 18.2 Å². The van der Waals surface area contributed by atoms with E-state index in [1.54, 1.807) is 18.2 Å². The maximum absolute atomic E-state index is 11.0. The maximum atomic E-state index is 11.0. The van der Waals surface area contributed by atoms with Gasteiger partial charge < -0.3 is 15.6 Å². The highest BCUT2D eigenvalue weighted by Gasteiger charge is 2.21. The number of carbonyl (C=O) groups is 1. The number of carboxylic acids is 1. The number of rotatable bonds is 6. The molecule has 1 unspecified atom stereocenters. The number of hydrogen-bond donors (Lipinski definition) is 2. The second-order valence-electron chi connectivity index (χ2n) is 3.71. The number of hydrogen-bond acceptors (Lipinski definition) is 3. The van der Waals surface area contributed by atoms with Crippen molar-refractivity contribution in [1.82, 2.24) is 0 Å². The van der Waals surface area contributed by atoms with Crippen molar-refractivity contribution in [2.24, 2.45) is 5.73 Å². The first-order valence-corrected chi connectivity index (χ1v) is 6.23. The molecule has 4 nitrogen and oxygen atoms in total. The molecule has 3 N–H and O–H groups in total. The lowest BCUT2D eigenvalue weighted by atomic mass is 10.1.